The van der Waals surface area contributed by atoms with E-state index in [9.17, 15) is 27.6 Å². The number of allylic oxidation sites excluding steroid dienone is 1. The van der Waals surface area contributed by atoms with E-state index in [0.29, 0.717) is 39.0 Å². The Morgan fingerprint density at radius 1 is 0.903 bits per heavy atom. The van der Waals surface area contributed by atoms with Crippen LogP contribution in [0.3, 0.4) is 0 Å². The summed E-state index contributed by atoms with van der Waals surface area (Å²) in [5, 5.41) is 3.20. The second-order valence-corrected chi connectivity index (χ2v) is 23.6. The molecule has 13 heteroatoms. The fraction of sp³-hybridized carbons (Fsp3) is 0.735. The molecule has 7 aliphatic rings. The number of nitrogens with one attached hydrogen (secondary N) is 2. The molecule has 62 heavy (non-hydrogen) atoms. The maximum Gasteiger partial charge on any atom is 0.303 e. The summed E-state index contributed by atoms with van der Waals surface area (Å²) in [7, 11) is -4.07. The van der Waals surface area contributed by atoms with E-state index in [4.69, 9.17) is 0 Å². The average molecular weight is 874 g/mol. The second-order valence-electron chi connectivity index (χ2n) is 22.0. The van der Waals surface area contributed by atoms with Crippen molar-refractivity contribution in [1.29, 1.82) is 0 Å². The van der Waals surface area contributed by atoms with Gasteiger partial charge in [-0.3, -0.25) is 28.9 Å². The Kier molecular flexibility index (Phi) is 12.0. The van der Waals surface area contributed by atoms with Crippen LogP contribution in [0.5, 0.6) is 0 Å². The molecular formula is C49H71N5O7S. The molecular weight excluding hydrogens is 803 g/mol. The molecule has 3 heterocycles. The van der Waals surface area contributed by atoms with E-state index in [1.54, 1.807) is 11.0 Å². The Hall–Kier alpha value is -3.42. The van der Waals surface area contributed by atoms with Crippen molar-refractivity contribution in [3.8, 4) is 0 Å². The maximum absolute atomic E-state index is 15.4. The fourth-order valence-corrected chi connectivity index (χ4v) is 14.6. The van der Waals surface area contributed by atoms with Crippen molar-refractivity contribution < 1.29 is 32.4 Å². The molecule has 3 amide bonds. The Bertz CT molecular complexity index is 2080. The number of nitrogens with zero attached hydrogens (tertiary/aromatic N) is 3. The van der Waals surface area contributed by atoms with Gasteiger partial charge in [0.15, 0.2) is 11.6 Å². The minimum atomic E-state index is -4.07. The van der Waals surface area contributed by atoms with Gasteiger partial charge in [-0.25, -0.2) is 4.72 Å². The molecule has 6 fully saturated rings. The number of carbonyl (C=O) groups is 5. The first-order valence-corrected chi connectivity index (χ1v) is 25.1. The van der Waals surface area contributed by atoms with E-state index in [1.165, 1.54) is 15.4 Å². The van der Waals surface area contributed by atoms with E-state index in [-0.39, 0.29) is 70.8 Å². The number of ketones is 2. The molecule has 6 atom stereocenters. The molecule has 2 spiro atoms. The highest BCUT2D eigenvalue weighted by Gasteiger charge is 2.85. The molecule has 8 rings (SSSR count). The van der Waals surface area contributed by atoms with Crippen molar-refractivity contribution in [3.05, 3.63) is 48.0 Å². The lowest BCUT2D eigenvalue weighted by Crippen LogP contribution is -2.52. The van der Waals surface area contributed by atoms with Gasteiger partial charge in [-0.2, -0.15) is 12.7 Å². The third-order valence-electron chi connectivity index (χ3n) is 17.6. The monoisotopic (exact) mass is 874 g/mol. The minimum absolute atomic E-state index is 0.0129. The van der Waals surface area contributed by atoms with Gasteiger partial charge in [0.05, 0.1) is 24.0 Å². The Morgan fingerprint density at radius 3 is 2.18 bits per heavy atom. The summed E-state index contributed by atoms with van der Waals surface area (Å²) >= 11 is 0. The van der Waals surface area contributed by atoms with Gasteiger partial charge in [0, 0.05) is 56.9 Å². The van der Waals surface area contributed by atoms with Gasteiger partial charge in [-0.05, 0) is 97.0 Å². The van der Waals surface area contributed by atoms with Crippen molar-refractivity contribution in [3.63, 3.8) is 0 Å². The van der Waals surface area contributed by atoms with Gasteiger partial charge in [0.25, 0.3) is 0 Å². The molecule has 3 aliphatic heterocycles. The first-order chi connectivity index (χ1) is 29.3. The third kappa shape index (κ3) is 7.81. The average Bonchev–Trinajstić information content (AvgIpc) is 3.67. The summed E-state index contributed by atoms with van der Waals surface area (Å²) in [6, 6.07) is 6.80. The number of hydrogen-bond donors (Lipinski definition) is 2. The highest BCUT2D eigenvalue weighted by Crippen LogP contribution is 2.88. The molecule has 0 radical (unpaired) electrons. The first-order valence-electron chi connectivity index (χ1n) is 23.7. The molecule has 340 valence electrons. The topological polar surface area (TPSA) is 153 Å². The predicted octanol–water partition coefficient (Wildman–Crippen LogP) is 6.14. The Labute approximate surface area is 369 Å². The lowest BCUT2D eigenvalue weighted by molar-refractivity contribution is -0.147. The van der Waals surface area contributed by atoms with Crippen LogP contribution >= 0.6 is 0 Å². The SMILES string of the molecule is C=C[C@@H]1C[C@]1(CC(=O)[C@@H]1C[C@@]2(CN1C(=O)[C@@H](CC(=O)[C@@H](NC(=O)CN1CCc3ccccc3C1)C1CCCCC1)C(C)(C)C)C(C)(C)C21CCC1)C(=O)NS(=O)(=O)N1CCCC1. The molecule has 0 aromatic heterocycles. The Balaban J connectivity index is 1.03. The van der Waals surface area contributed by atoms with Gasteiger partial charge in [0.2, 0.25) is 17.7 Å². The van der Waals surface area contributed by atoms with Crippen molar-refractivity contribution >= 4 is 39.5 Å². The van der Waals surface area contributed by atoms with Crippen molar-refractivity contribution in [1.82, 2.24) is 24.1 Å². The summed E-state index contributed by atoms with van der Waals surface area (Å²) in [5.74, 6) is -2.61. The number of benzene rings is 1. The number of Topliss-reactive ketones (excluding diaryl/α,β-unsaturated/α-hetero) is 2. The summed E-state index contributed by atoms with van der Waals surface area (Å²) in [6.45, 7) is 17.1. The lowest BCUT2D eigenvalue weighted by Gasteiger charge is -2.37. The van der Waals surface area contributed by atoms with Crippen LogP contribution in [0, 0.1) is 44.8 Å². The zero-order valence-electron chi connectivity index (χ0n) is 37.9. The number of hydrogen-bond acceptors (Lipinski definition) is 8. The molecule has 12 nitrogen and oxygen atoms in total. The van der Waals surface area contributed by atoms with Crippen LogP contribution in [0.4, 0.5) is 0 Å². The number of rotatable bonds is 15. The van der Waals surface area contributed by atoms with E-state index >= 15 is 4.79 Å². The third-order valence-corrected chi connectivity index (χ3v) is 19.1. The fourth-order valence-electron chi connectivity index (χ4n) is 13.3. The van der Waals surface area contributed by atoms with Crippen LogP contribution in [0.15, 0.2) is 36.9 Å². The van der Waals surface area contributed by atoms with Crippen LogP contribution in [0.25, 0.3) is 0 Å². The predicted molar refractivity (Wildman–Crippen MR) is 237 cm³/mol. The molecule has 2 saturated heterocycles. The number of likely N-dealkylation sites (tertiary alicyclic amines) is 1. The van der Waals surface area contributed by atoms with Gasteiger partial charge in [0.1, 0.15) is 0 Å². The summed E-state index contributed by atoms with van der Waals surface area (Å²) < 4.78 is 30.1. The first kappa shape index (κ1) is 45.2. The molecule has 0 bridgehead atoms. The highest BCUT2D eigenvalue weighted by molar-refractivity contribution is 7.87. The summed E-state index contributed by atoms with van der Waals surface area (Å²) in [6.07, 6.45) is 12.4. The summed E-state index contributed by atoms with van der Waals surface area (Å²) in [5.41, 5.74) is 0.262. The molecule has 1 aromatic rings. The van der Waals surface area contributed by atoms with Gasteiger partial charge >= 0.3 is 10.2 Å². The normalized spacial score (nSPS) is 30.2. The van der Waals surface area contributed by atoms with Crippen molar-refractivity contribution in [2.75, 3.05) is 32.7 Å². The van der Waals surface area contributed by atoms with E-state index in [1.807, 2.05) is 32.9 Å². The minimum Gasteiger partial charge on any atom is -0.345 e. The largest absolute Gasteiger partial charge is 0.345 e. The smallest absolute Gasteiger partial charge is 0.303 e. The van der Waals surface area contributed by atoms with E-state index in [0.717, 1.165) is 77.2 Å². The quantitative estimate of drug-likeness (QED) is 0.200. The van der Waals surface area contributed by atoms with Crippen LogP contribution < -0.4 is 10.0 Å². The van der Waals surface area contributed by atoms with Crippen molar-refractivity contribution in [2.45, 2.75) is 150 Å². The number of carbonyl (C=O) groups excluding carboxylic acids is 5. The van der Waals surface area contributed by atoms with E-state index in [2.05, 4.69) is 47.5 Å². The van der Waals surface area contributed by atoms with Gasteiger partial charge in [-0.15, -0.1) is 6.58 Å². The summed E-state index contributed by atoms with van der Waals surface area (Å²) in [4.78, 5) is 76.8. The van der Waals surface area contributed by atoms with Crippen LogP contribution in [-0.4, -0.2) is 96.6 Å². The second kappa shape index (κ2) is 16.5. The molecule has 1 aromatic carbocycles. The standard InChI is InChI=1S/C49H71N5O7S/c1-7-36-27-47(36,44(59)51-62(60,61)53-23-13-14-24-53)29-40(56)38-28-49(46(5,6)48(49)21-15-22-48)32-54(38)43(58)37(45(2,3)4)26-39(55)42(34-17-9-8-10-18-34)50-41(57)31-52-25-20-33-16-11-12-19-35(33)30-52/h7,11-12,16,19,34,36-38,42H,1,8-10,13-15,17-18,20-32H2,2-6H3,(H,50,57)(H,51,59)/t36-,37-,38+,42+,47-,49-/m1/s1. The van der Waals surface area contributed by atoms with Gasteiger partial charge in [-0.1, -0.05) is 90.6 Å². The molecule has 0 unspecified atom stereocenters. The lowest BCUT2D eigenvalue weighted by atomic mass is 9.73. The van der Waals surface area contributed by atoms with E-state index < -0.39 is 44.9 Å². The molecule has 4 aliphatic carbocycles. The zero-order valence-corrected chi connectivity index (χ0v) is 38.8. The number of fused-ring (bicyclic) bond motifs is 2. The zero-order chi connectivity index (χ0) is 44.5. The maximum atomic E-state index is 15.4. The van der Waals surface area contributed by atoms with Gasteiger partial charge < -0.3 is 10.2 Å². The highest BCUT2D eigenvalue weighted by atomic mass is 32.2. The molecule has 4 saturated carbocycles. The number of amides is 3. The van der Waals surface area contributed by atoms with Crippen LogP contribution in [-0.2, 0) is 47.1 Å². The van der Waals surface area contributed by atoms with Crippen LogP contribution in [0.1, 0.15) is 136 Å². The van der Waals surface area contributed by atoms with Crippen molar-refractivity contribution in [2.24, 2.45) is 44.8 Å². The Morgan fingerprint density at radius 2 is 1.58 bits per heavy atom. The molecule has 2 N–H and O–H groups in total. The van der Waals surface area contributed by atoms with Crippen LogP contribution in [0.2, 0.25) is 0 Å².